The highest BCUT2D eigenvalue weighted by Gasteiger charge is 2.48. The molecule has 1 amide bonds. The summed E-state index contributed by atoms with van der Waals surface area (Å²) in [6, 6.07) is 32.7. The first-order valence-electron chi connectivity index (χ1n) is 22.9. The van der Waals surface area contributed by atoms with E-state index in [1.165, 1.54) is 23.9 Å². The minimum absolute atomic E-state index is 0.0176. The van der Waals surface area contributed by atoms with E-state index in [9.17, 15) is 39.9 Å². The number of carbonyl (C=O) groups is 1. The molecule has 5 aromatic carbocycles. The van der Waals surface area contributed by atoms with Crippen molar-refractivity contribution in [3.63, 3.8) is 0 Å². The second-order valence-corrected chi connectivity index (χ2v) is 22.6. The molecule has 12 nitrogen and oxygen atoms in total. The van der Waals surface area contributed by atoms with Crippen LogP contribution in [-0.4, -0.2) is 121 Å². The fraction of sp³-hybridized carbons (Fsp3) is 0.380. The highest BCUT2D eigenvalue weighted by atomic mass is 35.5. The fourth-order valence-electron chi connectivity index (χ4n) is 8.69. The van der Waals surface area contributed by atoms with Crippen LogP contribution in [0.3, 0.4) is 0 Å². The molecule has 0 radical (unpaired) electrons. The quantitative estimate of drug-likeness (QED) is 0.0554. The lowest BCUT2D eigenvalue weighted by Gasteiger charge is -2.36. The standard InChI is InChI=1S/C50H58ClF3N6O6S3/c1-58(27-7-28-59-32-25-55-26-33-59)29-24-40(35-67-42-8-3-2-4-9-42)56-46-21-20-43(34-47(46)68(63,64)50(52,53)54)69(65,66)57-49(62)38-14-18-41(19-15-38)60-30-22-37(23-31-60)48(61)45-11-6-5-10-44(45)36-12-16-39(51)17-13-36/h2-6,8-21,34,37,40,48,55-56,61H,7,22-33,35H2,1H3,(H,57,62). The summed E-state index contributed by atoms with van der Waals surface area (Å²) in [6.07, 6.45) is 2.02. The van der Waals surface area contributed by atoms with Gasteiger partial charge in [-0.05, 0) is 142 Å². The van der Waals surface area contributed by atoms with Crippen molar-refractivity contribution in [3.8, 4) is 11.1 Å². The van der Waals surface area contributed by atoms with Crippen molar-refractivity contribution in [1.29, 1.82) is 0 Å². The molecule has 0 aromatic heterocycles. The Bertz CT molecular complexity index is 2710. The van der Waals surface area contributed by atoms with E-state index in [1.54, 1.807) is 12.1 Å². The van der Waals surface area contributed by atoms with Gasteiger partial charge in [-0.25, -0.2) is 21.6 Å². The summed E-state index contributed by atoms with van der Waals surface area (Å²) in [5.41, 5.74) is -2.72. The van der Waals surface area contributed by atoms with Crippen LogP contribution in [0.2, 0.25) is 5.02 Å². The normalized spacial score (nSPS) is 16.3. The summed E-state index contributed by atoms with van der Waals surface area (Å²) in [6.45, 7) is 7.36. The predicted octanol–water partition coefficient (Wildman–Crippen LogP) is 8.56. The highest BCUT2D eigenvalue weighted by molar-refractivity contribution is 7.99. The molecule has 2 unspecified atom stereocenters. The van der Waals surface area contributed by atoms with Crippen molar-refractivity contribution < 1.29 is 39.9 Å². The second-order valence-electron chi connectivity index (χ2n) is 17.5. The number of piperazine rings is 1. The molecule has 0 aliphatic carbocycles. The summed E-state index contributed by atoms with van der Waals surface area (Å²) in [5, 5.41) is 18.5. The van der Waals surface area contributed by atoms with Crippen LogP contribution in [0.25, 0.3) is 11.1 Å². The number of sulfone groups is 1. The van der Waals surface area contributed by atoms with Gasteiger partial charge in [0, 0.05) is 72.2 Å². The highest BCUT2D eigenvalue weighted by Crippen LogP contribution is 2.39. The smallest absolute Gasteiger partial charge is 0.388 e. The minimum atomic E-state index is -6.08. The van der Waals surface area contributed by atoms with Crippen molar-refractivity contribution in [2.75, 3.05) is 81.9 Å². The van der Waals surface area contributed by atoms with Crippen molar-refractivity contribution >= 4 is 60.5 Å². The third-order valence-corrected chi connectivity index (χ3v) is 16.9. The molecule has 370 valence electrons. The maximum atomic E-state index is 14.3. The van der Waals surface area contributed by atoms with E-state index >= 15 is 0 Å². The number of aliphatic hydroxyl groups is 1. The van der Waals surface area contributed by atoms with Crippen LogP contribution in [0.5, 0.6) is 0 Å². The van der Waals surface area contributed by atoms with Crippen LogP contribution in [0.15, 0.2) is 136 Å². The lowest BCUT2D eigenvalue weighted by molar-refractivity contribution is -0.0435. The summed E-state index contributed by atoms with van der Waals surface area (Å²) in [5.74, 6) is -0.711. The number of aliphatic hydroxyl groups excluding tert-OH is 1. The molecule has 4 N–H and O–H groups in total. The number of sulfonamides is 1. The van der Waals surface area contributed by atoms with Gasteiger partial charge in [0.1, 0.15) is 4.90 Å². The van der Waals surface area contributed by atoms with E-state index in [-0.39, 0.29) is 11.5 Å². The number of thioether (sulfide) groups is 1. The molecule has 0 saturated carbocycles. The van der Waals surface area contributed by atoms with Gasteiger partial charge in [-0.15, -0.1) is 11.8 Å². The van der Waals surface area contributed by atoms with E-state index in [4.69, 9.17) is 11.6 Å². The second kappa shape index (κ2) is 23.5. The van der Waals surface area contributed by atoms with Crippen LogP contribution < -0.4 is 20.3 Å². The number of hydrogen-bond donors (Lipinski definition) is 4. The summed E-state index contributed by atoms with van der Waals surface area (Å²) < 4.78 is 98.3. The Balaban J connectivity index is 1.01. The number of nitrogens with one attached hydrogen (secondary N) is 3. The van der Waals surface area contributed by atoms with E-state index < -0.39 is 58.9 Å². The average Bonchev–Trinajstić information content (AvgIpc) is 3.35. The Hall–Kier alpha value is -4.66. The molecule has 2 fully saturated rings. The number of amides is 1. The molecule has 19 heteroatoms. The van der Waals surface area contributed by atoms with Crippen LogP contribution in [0.4, 0.5) is 24.5 Å². The zero-order chi connectivity index (χ0) is 49.2. The van der Waals surface area contributed by atoms with Gasteiger partial charge in [0.15, 0.2) is 0 Å². The third kappa shape index (κ3) is 13.8. The molecule has 2 aliphatic rings. The summed E-state index contributed by atoms with van der Waals surface area (Å²) in [4.78, 5) is 18.8. The van der Waals surface area contributed by atoms with E-state index in [0.717, 1.165) is 85.1 Å². The summed E-state index contributed by atoms with van der Waals surface area (Å²) >= 11 is 7.56. The van der Waals surface area contributed by atoms with Crippen molar-refractivity contribution in [2.45, 2.75) is 58.0 Å². The SMILES string of the molecule is CN(CCCN1CCNCC1)CCC(CSc1ccccc1)Nc1ccc(S(=O)(=O)NC(=O)c2ccc(N3CCC(C(O)c4ccccc4-c4ccc(Cl)cc4)CC3)cc2)cc1S(=O)(=O)C(F)(F)F. The van der Waals surface area contributed by atoms with Crippen LogP contribution >= 0.6 is 23.4 Å². The van der Waals surface area contributed by atoms with Crippen molar-refractivity contribution in [3.05, 3.63) is 137 Å². The number of benzene rings is 5. The zero-order valence-corrected chi connectivity index (χ0v) is 41.5. The van der Waals surface area contributed by atoms with Crippen LogP contribution in [0.1, 0.15) is 47.7 Å². The maximum Gasteiger partial charge on any atom is 0.501 e. The minimum Gasteiger partial charge on any atom is -0.388 e. The summed E-state index contributed by atoms with van der Waals surface area (Å²) in [7, 11) is -8.99. The average molecular weight is 1030 g/mol. The first-order valence-corrected chi connectivity index (χ1v) is 27.3. The van der Waals surface area contributed by atoms with Gasteiger partial charge in [0.2, 0.25) is 0 Å². The molecule has 69 heavy (non-hydrogen) atoms. The zero-order valence-electron chi connectivity index (χ0n) is 38.2. The first kappa shape index (κ1) is 52.2. The first-order chi connectivity index (χ1) is 33.0. The molecular formula is C50H58ClF3N6O6S3. The van der Waals surface area contributed by atoms with E-state index in [1.807, 2.05) is 90.6 Å². The Morgan fingerprint density at radius 1 is 0.870 bits per heavy atom. The Kier molecular flexibility index (Phi) is 17.8. The lowest BCUT2D eigenvalue weighted by atomic mass is 9.84. The number of nitrogens with zero attached hydrogens (tertiary/aromatic N) is 3. The predicted molar refractivity (Wildman–Crippen MR) is 268 cm³/mol. The van der Waals surface area contributed by atoms with E-state index in [0.29, 0.717) is 55.7 Å². The number of halogens is 4. The molecular weight excluding hydrogens is 969 g/mol. The molecule has 0 bridgehead atoms. The molecule has 2 aliphatic heterocycles. The van der Waals surface area contributed by atoms with Crippen molar-refractivity contribution in [1.82, 2.24) is 19.8 Å². The fourth-order valence-corrected chi connectivity index (χ4v) is 11.8. The Morgan fingerprint density at radius 3 is 2.22 bits per heavy atom. The van der Waals surface area contributed by atoms with Gasteiger partial charge >= 0.3 is 5.51 Å². The van der Waals surface area contributed by atoms with Crippen LogP contribution in [-0.2, 0) is 19.9 Å². The molecule has 2 heterocycles. The number of anilines is 2. The molecule has 0 spiro atoms. The number of carbonyl (C=O) groups excluding carboxylic acids is 1. The van der Waals surface area contributed by atoms with Gasteiger partial charge in [0.25, 0.3) is 25.8 Å². The lowest BCUT2D eigenvalue weighted by Crippen LogP contribution is -2.44. The molecule has 5 aromatic rings. The number of alkyl halides is 3. The van der Waals surface area contributed by atoms with E-state index in [2.05, 4.69) is 25.3 Å². The molecule has 2 saturated heterocycles. The topological polar surface area (TPSA) is 151 Å². The largest absolute Gasteiger partial charge is 0.501 e. The number of piperidine rings is 1. The Labute approximate surface area is 412 Å². The monoisotopic (exact) mass is 1030 g/mol. The van der Waals surface area contributed by atoms with Gasteiger partial charge in [0.05, 0.1) is 16.7 Å². The van der Waals surface area contributed by atoms with Crippen LogP contribution in [0, 0.1) is 5.92 Å². The maximum absolute atomic E-state index is 14.3. The van der Waals surface area contributed by atoms with Gasteiger partial charge in [-0.2, -0.15) is 13.2 Å². The number of hydrogen-bond acceptors (Lipinski definition) is 12. The van der Waals surface area contributed by atoms with Gasteiger partial charge in [-0.3, -0.25) is 4.79 Å². The third-order valence-electron chi connectivity index (χ3n) is 12.6. The number of rotatable bonds is 20. The molecule has 7 rings (SSSR count). The van der Waals surface area contributed by atoms with Crippen molar-refractivity contribution in [2.24, 2.45) is 5.92 Å². The van der Waals surface area contributed by atoms with Gasteiger partial charge in [-0.1, -0.05) is 66.2 Å². The Morgan fingerprint density at radius 2 is 1.54 bits per heavy atom. The van der Waals surface area contributed by atoms with Gasteiger partial charge < -0.3 is 30.4 Å². The molecule has 2 atom stereocenters.